The van der Waals surface area contributed by atoms with Crippen LogP contribution in [0.1, 0.15) is 0 Å². The second-order valence-electron chi connectivity index (χ2n) is 3.97. The van der Waals surface area contributed by atoms with E-state index in [0.29, 0.717) is 0 Å². The van der Waals surface area contributed by atoms with Crippen molar-refractivity contribution in [2.24, 2.45) is 10.7 Å². The summed E-state index contributed by atoms with van der Waals surface area (Å²) < 4.78 is 50.6. The minimum Gasteiger partial charge on any atom is -0.454 e. The number of halogens is 4. The van der Waals surface area contributed by atoms with Gasteiger partial charge in [0, 0.05) is 12.3 Å². The number of benzene rings is 1. The van der Waals surface area contributed by atoms with Gasteiger partial charge in [-0.2, -0.15) is 8.78 Å². The summed E-state index contributed by atoms with van der Waals surface area (Å²) in [6.45, 7) is -0.371. The first kappa shape index (κ1) is 12.9. The van der Waals surface area contributed by atoms with E-state index < -0.39 is 28.8 Å². The zero-order chi connectivity index (χ0) is 14.4. The summed E-state index contributed by atoms with van der Waals surface area (Å²) in [5, 5.41) is 0. The molecular formula is C11H7ClF3N3O2. The van der Waals surface area contributed by atoms with Gasteiger partial charge in [-0.3, -0.25) is 0 Å². The van der Waals surface area contributed by atoms with Gasteiger partial charge in [0.1, 0.15) is 0 Å². The highest BCUT2D eigenvalue weighted by Crippen LogP contribution is 2.42. The number of hydrogen-bond acceptors (Lipinski definition) is 5. The molecule has 0 radical (unpaired) electrons. The molecule has 0 aliphatic carbocycles. The largest absolute Gasteiger partial charge is 0.454 e. The predicted octanol–water partition coefficient (Wildman–Crippen LogP) is 2.20. The average Bonchev–Trinajstić information content (AvgIpc) is 2.69. The van der Waals surface area contributed by atoms with Crippen molar-refractivity contribution in [2.75, 3.05) is 11.7 Å². The molecule has 5 nitrogen and oxygen atoms in total. The Kier molecular flexibility index (Phi) is 2.89. The van der Waals surface area contributed by atoms with Crippen LogP contribution < -0.4 is 20.1 Å². The molecule has 3 aliphatic heterocycles. The zero-order valence-corrected chi connectivity index (χ0v) is 10.5. The predicted molar refractivity (Wildman–Crippen MR) is 65.4 cm³/mol. The summed E-state index contributed by atoms with van der Waals surface area (Å²) in [5.74, 6) is -4.45. The molecule has 2 N–H and O–H groups in total. The molecule has 106 valence electrons. The minimum absolute atomic E-state index is 0.0113. The number of hydrogen-bond donors (Lipinski definition) is 1. The molecule has 9 heteroatoms. The van der Waals surface area contributed by atoms with Gasteiger partial charge in [-0.15, -0.1) is 0 Å². The monoisotopic (exact) mass is 305 g/mol. The van der Waals surface area contributed by atoms with Crippen molar-refractivity contribution in [2.45, 2.75) is 5.62 Å². The number of ether oxygens (including phenoxy) is 2. The second kappa shape index (κ2) is 4.48. The van der Waals surface area contributed by atoms with E-state index in [0.717, 1.165) is 17.2 Å². The van der Waals surface area contributed by atoms with Gasteiger partial charge in [-0.25, -0.2) is 9.38 Å². The summed E-state index contributed by atoms with van der Waals surface area (Å²) in [4.78, 5) is 4.69. The molecule has 20 heavy (non-hydrogen) atoms. The fraction of sp³-hybridized carbons (Fsp3) is 0.182. The highest BCUT2D eigenvalue weighted by molar-refractivity contribution is 6.23. The van der Waals surface area contributed by atoms with E-state index in [-0.39, 0.29) is 24.1 Å². The Morgan fingerprint density at radius 1 is 1.30 bits per heavy atom. The third-order valence-electron chi connectivity index (χ3n) is 2.78. The fourth-order valence-corrected chi connectivity index (χ4v) is 2.10. The van der Waals surface area contributed by atoms with Gasteiger partial charge in [-0.05, 0) is 0 Å². The van der Waals surface area contributed by atoms with Crippen molar-refractivity contribution in [3.05, 3.63) is 29.7 Å². The van der Waals surface area contributed by atoms with Gasteiger partial charge < -0.3 is 20.1 Å². The maximum atomic E-state index is 13.8. The Labute approximate surface area is 116 Å². The fourth-order valence-electron chi connectivity index (χ4n) is 1.83. The molecule has 1 aromatic carbocycles. The lowest BCUT2D eigenvalue weighted by Crippen LogP contribution is -2.33. The zero-order valence-electron chi connectivity index (χ0n) is 9.74. The van der Waals surface area contributed by atoms with Gasteiger partial charge >= 0.3 is 0 Å². The van der Waals surface area contributed by atoms with Crippen LogP contribution in [0.3, 0.4) is 0 Å². The third kappa shape index (κ3) is 1.83. The Morgan fingerprint density at radius 3 is 2.80 bits per heavy atom. The molecule has 0 spiro atoms. The molecule has 0 aromatic heterocycles. The molecule has 3 aliphatic rings. The van der Waals surface area contributed by atoms with Crippen molar-refractivity contribution in [1.82, 2.24) is 0 Å². The van der Waals surface area contributed by atoms with E-state index in [4.69, 9.17) is 26.8 Å². The molecule has 1 atom stereocenters. The highest BCUT2D eigenvalue weighted by atomic mass is 35.5. The summed E-state index contributed by atoms with van der Waals surface area (Å²) >= 11 is 5.91. The highest BCUT2D eigenvalue weighted by Gasteiger charge is 2.31. The number of nitrogens with zero attached hydrogens (tertiary/aromatic N) is 2. The normalized spacial score (nSPS) is 20.8. The Balaban J connectivity index is 2.13. The van der Waals surface area contributed by atoms with Gasteiger partial charge in [0.15, 0.2) is 23.2 Å². The SMILES string of the molecule is NC1=NC(Cl)N(c2cc3c(F)c(F)c2OCO3)C=C1F. The number of amidine groups is 1. The molecular weight excluding hydrogens is 299 g/mol. The van der Waals surface area contributed by atoms with Crippen LogP contribution in [-0.2, 0) is 0 Å². The number of rotatable bonds is 1. The van der Waals surface area contributed by atoms with Crippen LogP contribution in [-0.4, -0.2) is 18.3 Å². The van der Waals surface area contributed by atoms with Gasteiger partial charge in [0.05, 0.1) is 5.69 Å². The van der Waals surface area contributed by atoms with E-state index in [9.17, 15) is 13.2 Å². The third-order valence-corrected chi connectivity index (χ3v) is 3.08. The van der Waals surface area contributed by atoms with Gasteiger partial charge in [0.2, 0.25) is 24.1 Å². The van der Waals surface area contributed by atoms with Crippen LogP contribution in [0.5, 0.6) is 11.5 Å². The smallest absolute Gasteiger partial charge is 0.231 e. The Hall–Kier alpha value is -2.09. The lowest BCUT2D eigenvalue weighted by atomic mass is 10.2. The molecule has 0 amide bonds. The Morgan fingerprint density at radius 2 is 2.05 bits per heavy atom. The van der Waals surface area contributed by atoms with Crippen molar-refractivity contribution in [3.8, 4) is 11.5 Å². The van der Waals surface area contributed by atoms with E-state index in [1.807, 2.05) is 0 Å². The van der Waals surface area contributed by atoms with Crippen LogP contribution in [0.2, 0.25) is 0 Å². The summed E-state index contributed by atoms with van der Waals surface area (Å²) in [6.07, 6.45) is 0.925. The van der Waals surface area contributed by atoms with Gasteiger partial charge in [0.25, 0.3) is 0 Å². The lowest BCUT2D eigenvalue weighted by Gasteiger charge is -2.27. The van der Waals surface area contributed by atoms with Crippen LogP contribution in [0.15, 0.2) is 23.1 Å². The molecule has 2 bridgehead atoms. The summed E-state index contributed by atoms with van der Waals surface area (Å²) in [7, 11) is 0. The van der Waals surface area contributed by atoms with Crippen LogP contribution >= 0.6 is 11.6 Å². The van der Waals surface area contributed by atoms with E-state index >= 15 is 0 Å². The maximum Gasteiger partial charge on any atom is 0.231 e. The summed E-state index contributed by atoms with van der Waals surface area (Å²) in [5.41, 5.74) is 4.15. The van der Waals surface area contributed by atoms with Crippen molar-refractivity contribution in [3.63, 3.8) is 0 Å². The molecule has 0 fully saturated rings. The Bertz CT molecular complexity index is 650. The standard InChI is InChI=1S/C11H7ClF3N3O2/c12-11-17-10(16)4(13)2-18(11)5-1-6-7(14)8(15)9(5)20-3-19-6/h1-2,11H,3H2,(H2,16,17). The number of anilines is 1. The molecule has 4 rings (SSSR count). The molecule has 0 saturated heterocycles. The van der Waals surface area contributed by atoms with Gasteiger partial charge in [-0.1, -0.05) is 11.6 Å². The van der Waals surface area contributed by atoms with Crippen LogP contribution in [0.25, 0.3) is 0 Å². The van der Waals surface area contributed by atoms with Crippen LogP contribution in [0.4, 0.5) is 18.9 Å². The molecule has 1 aromatic rings. The average molecular weight is 306 g/mol. The number of fused-ring (bicyclic) bond motifs is 4. The first-order chi connectivity index (χ1) is 9.49. The second-order valence-corrected chi connectivity index (χ2v) is 4.36. The number of aliphatic imine (C=N–C) groups is 1. The van der Waals surface area contributed by atoms with E-state index in [2.05, 4.69) is 4.99 Å². The molecule has 0 saturated carbocycles. The molecule has 1 unspecified atom stereocenters. The minimum atomic E-state index is -1.24. The maximum absolute atomic E-state index is 13.8. The topological polar surface area (TPSA) is 60.1 Å². The lowest BCUT2D eigenvalue weighted by molar-refractivity contribution is 0.123. The van der Waals surface area contributed by atoms with E-state index in [1.54, 1.807) is 0 Å². The van der Waals surface area contributed by atoms with Crippen LogP contribution in [0, 0.1) is 11.6 Å². The van der Waals surface area contributed by atoms with Crippen molar-refractivity contribution >= 4 is 23.1 Å². The van der Waals surface area contributed by atoms with Crippen molar-refractivity contribution in [1.29, 1.82) is 0 Å². The van der Waals surface area contributed by atoms with Crippen molar-refractivity contribution < 1.29 is 22.6 Å². The quantitative estimate of drug-likeness (QED) is 0.638. The molecule has 3 heterocycles. The number of nitrogens with two attached hydrogens (primary N) is 1. The first-order valence-corrected chi connectivity index (χ1v) is 5.83. The van der Waals surface area contributed by atoms with E-state index in [1.165, 1.54) is 0 Å². The number of alkyl halides is 1. The first-order valence-electron chi connectivity index (χ1n) is 5.40. The summed E-state index contributed by atoms with van der Waals surface area (Å²) in [6, 6.07) is 1.15.